The molecule has 0 saturated heterocycles. The zero-order valence-corrected chi connectivity index (χ0v) is 9.95. The Bertz CT molecular complexity index is 459. The molecule has 1 atom stereocenters. The molecule has 0 aromatic heterocycles. The molecule has 1 aromatic carbocycles. The number of benzene rings is 1. The van der Waals surface area contributed by atoms with E-state index in [1.165, 1.54) is 0 Å². The van der Waals surface area contributed by atoms with Crippen molar-refractivity contribution < 1.29 is 14.7 Å². The fourth-order valence-corrected chi connectivity index (χ4v) is 2.13. The summed E-state index contributed by atoms with van der Waals surface area (Å²) in [7, 11) is 0. The molecule has 1 aromatic rings. The molecule has 0 fully saturated rings. The number of carboxylic acid groups (broad SMARTS) is 1. The van der Waals surface area contributed by atoms with Crippen molar-refractivity contribution in [2.45, 2.75) is 18.9 Å². The molecule has 0 aliphatic carbocycles. The van der Waals surface area contributed by atoms with Gasteiger partial charge in [-0.25, -0.2) is 4.79 Å². The van der Waals surface area contributed by atoms with E-state index in [1.54, 1.807) is 6.07 Å². The normalized spacial score (nSPS) is 19.6. The van der Waals surface area contributed by atoms with E-state index in [4.69, 9.17) is 5.11 Å². The third-order valence-electron chi connectivity index (χ3n) is 2.62. The van der Waals surface area contributed by atoms with E-state index in [9.17, 15) is 9.59 Å². The van der Waals surface area contributed by atoms with Crippen LogP contribution in [0, 0.1) is 0 Å². The molecule has 0 saturated carbocycles. The molecule has 0 bridgehead atoms. The predicted molar refractivity (Wildman–Crippen MR) is 61.4 cm³/mol. The highest BCUT2D eigenvalue weighted by molar-refractivity contribution is 9.10. The lowest BCUT2D eigenvalue weighted by Crippen LogP contribution is -2.39. The van der Waals surface area contributed by atoms with E-state index < -0.39 is 12.0 Å². The molecule has 1 unspecified atom stereocenters. The van der Waals surface area contributed by atoms with Crippen LogP contribution in [0.2, 0.25) is 0 Å². The quantitative estimate of drug-likeness (QED) is 0.822. The summed E-state index contributed by atoms with van der Waals surface area (Å²) in [6.07, 6.45) is 1.02. The number of fused-ring (bicyclic) bond motifs is 1. The summed E-state index contributed by atoms with van der Waals surface area (Å²) in [5, 5.41) is 11.4. The minimum atomic E-state index is -0.986. The number of hydrogen-bond acceptors (Lipinski definition) is 2. The monoisotopic (exact) mass is 283 g/mol. The number of hydrogen-bond donors (Lipinski definition) is 2. The molecule has 2 rings (SSSR count). The van der Waals surface area contributed by atoms with Gasteiger partial charge in [0.1, 0.15) is 6.04 Å². The van der Waals surface area contributed by atoms with Crippen molar-refractivity contribution in [1.82, 2.24) is 5.32 Å². The van der Waals surface area contributed by atoms with Crippen molar-refractivity contribution in [2.75, 3.05) is 0 Å². The first-order valence-corrected chi connectivity index (χ1v) is 5.69. The molecule has 4 nitrogen and oxygen atoms in total. The molecule has 5 heteroatoms. The summed E-state index contributed by atoms with van der Waals surface area (Å²) in [6, 6.07) is 4.63. The van der Waals surface area contributed by atoms with E-state index in [0.29, 0.717) is 18.4 Å². The standard InChI is InChI=1S/C11H10BrNO3/c12-7-3-1-6-2-4-9(11(15)16)13-10(14)8(6)5-7/h1,3,5,9H,2,4H2,(H,13,14)(H,15,16). The number of halogens is 1. The van der Waals surface area contributed by atoms with Crippen molar-refractivity contribution in [3.05, 3.63) is 33.8 Å². The van der Waals surface area contributed by atoms with Gasteiger partial charge in [0.15, 0.2) is 0 Å². The molecule has 0 spiro atoms. The maximum atomic E-state index is 11.8. The van der Waals surface area contributed by atoms with Gasteiger partial charge in [-0.2, -0.15) is 0 Å². The fraction of sp³-hybridized carbons (Fsp3) is 0.273. The molecule has 1 aliphatic rings. The average molecular weight is 284 g/mol. The Morgan fingerprint density at radius 2 is 2.25 bits per heavy atom. The first kappa shape index (κ1) is 11.1. The zero-order chi connectivity index (χ0) is 11.7. The maximum Gasteiger partial charge on any atom is 0.326 e. The maximum absolute atomic E-state index is 11.8. The van der Waals surface area contributed by atoms with Crippen LogP contribution < -0.4 is 5.32 Å². The molecular weight excluding hydrogens is 274 g/mol. The summed E-state index contributed by atoms with van der Waals surface area (Å²) >= 11 is 3.29. The number of aryl methyl sites for hydroxylation is 1. The smallest absolute Gasteiger partial charge is 0.326 e. The van der Waals surface area contributed by atoms with Gasteiger partial charge in [0.05, 0.1) is 0 Å². The van der Waals surface area contributed by atoms with Gasteiger partial charge < -0.3 is 10.4 Å². The number of carboxylic acids is 1. The Morgan fingerprint density at radius 1 is 1.50 bits per heavy atom. The minimum Gasteiger partial charge on any atom is -0.480 e. The number of carbonyl (C=O) groups excluding carboxylic acids is 1. The summed E-state index contributed by atoms with van der Waals surface area (Å²) in [4.78, 5) is 22.6. The molecular formula is C11H10BrNO3. The fourth-order valence-electron chi connectivity index (χ4n) is 1.77. The van der Waals surface area contributed by atoms with Crippen molar-refractivity contribution in [3.63, 3.8) is 0 Å². The van der Waals surface area contributed by atoms with Crippen molar-refractivity contribution in [2.24, 2.45) is 0 Å². The second-order valence-corrected chi connectivity index (χ2v) is 4.62. The summed E-state index contributed by atoms with van der Waals surface area (Å²) < 4.78 is 0.815. The zero-order valence-electron chi connectivity index (χ0n) is 8.37. The van der Waals surface area contributed by atoms with E-state index in [1.807, 2.05) is 12.1 Å². The van der Waals surface area contributed by atoms with Gasteiger partial charge >= 0.3 is 5.97 Å². The third kappa shape index (κ3) is 2.09. The van der Waals surface area contributed by atoms with Crippen molar-refractivity contribution in [1.29, 1.82) is 0 Å². The second kappa shape index (κ2) is 4.25. The lowest BCUT2D eigenvalue weighted by Gasteiger charge is -2.09. The Hall–Kier alpha value is -1.36. The highest BCUT2D eigenvalue weighted by atomic mass is 79.9. The summed E-state index contributed by atoms with van der Waals surface area (Å²) in [5.41, 5.74) is 1.45. The highest BCUT2D eigenvalue weighted by Crippen LogP contribution is 2.21. The Kier molecular flexibility index (Phi) is 2.96. The number of carbonyl (C=O) groups is 2. The predicted octanol–water partition coefficient (Wildman–Crippen LogP) is 1.58. The second-order valence-electron chi connectivity index (χ2n) is 3.70. The van der Waals surface area contributed by atoms with Gasteiger partial charge in [-0.15, -0.1) is 0 Å². The van der Waals surface area contributed by atoms with E-state index >= 15 is 0 Å². The van der Waals surface area contributed by atoms with Crippen molar-refractivity contribution in [3.8, 4) is 0 Å². The van der Waals surface area contributed by atoms with Crippen LogP contribution in [0.4, 0.5) is 0 Å². The van der Waals surface area contributed by atoms with Gasteiger partial charge in [-0.3, -0.25) is 4.79 Å². The van der Waals surface area contributed by atoms with Gasteiger partial charge in [0.2, 0.25) is 0 Å². The average Bonchev–Trinajstić information content (AvgIpc) is 2.39. The molecule has 1 aliphatic heterocycles. The van der Waals surface area contributed by atoms with Crippen LogP contribution in [-0.4, -0.2) is 23.0 Å². The Labute approximate surface area is 101 Å². The van der Waals surface area contributed by atoms with Gasteiger partial charge in [-0.05, 0) is 30.5 Å². The molecule has 16 heavy (non-hydrogen) atoms. The molecule has 2 N–H and O–H groups in total. The van der Waals surface area contributed by atoms with Crippen LogP contribution in [0.3, 0.4) is 0 Å². The van der Waals surface area contributed by atoms with Crippen LogP contribution in [0.25, 0.3) is 0 Å². The van der Waals surface area contributed by atoms with E-state index in [0.717, 1.165) is 10.0 Å². The van der Waals surface area contributed by atoms with Gasteiger partial charge in [0.25, 0.3) is 5.91 Å². The number of amides is 1. The molecule has 84 valence electrons. The van der Waals surface area contributed by atoms with Gasteiger partial charge in [-0.1, -0.05) is 22.0 Å². The molecule has 0 radical (unpaired) electrons. The van der Waals surface area contributed by atoms with Gasteiger partial charge in [0, 0.05) is 10.0 Å². The highest BCUT2D eigenvalue weighted by Gasteiger charge is 2.25. The minimum absolute atomic E-state index is 0.318. The van der Waals surface area contributed by atoms with E-state index in [-0.39, 0.29) is 5.91 Å². The Balaban J connectivity index is 2.36. The largest absolute Gasteiger partial charge is 0.480 e. The van der Waals surface area contributed by atoms with E-state index in [2.05, 4.69) is 21.2 Å². The number of nitrogens with one attached hydrogen (secondary N) is 1. The number of rotatable bonds is 1. The van der Waals surface area contributed by atoms with Crippen molar-refractivity contribution >= 4 is 27.8 Å². The topological polar surface area (TPSA) is 66.4 Å². The van der Waals surface area contributed by atoms with Crippen LogP contribution in [0.5, 0.6) is 0 Å². The van der Waals surface area contributed by atoms with Crippen LogP contribution in [0.15, 0.2) is 22.7 Å². The summed E-state index contributed by atoms with van der Waals surface area (Å²) in [5.74, 6) is -1.30. The first-order chi connectivity index (χ1) is 7.58. The first-order valence-electron chi connectivity index (χ1n) is 4.90. The Morgan fingerprint density at radius 3 is 2.94 bits per heavy atom. The van der Waals surface area contributed by atoms with Crippen LogP contribution >= 0.6 is 15.9 Å². The van der Waals surface area contributed by atoms with Crippen LogP contribution in [0.1, 0.15) is 22.3 Å². The molecule has 1 heterocycles. The lowest BCUT2D eigenvalue weighted by molar-refractivity contribution is -0.139. The van der Waals surface area contributed by atoms with Crippen LogP contribution in [-0.2, 0) is 11.2 Å². The number of aliphatic carboxylic acids is 1. The SMILES string of the molecule is O=C1NC(C(=O)O)CCc2ccc(Br)cc21. The summed E-state index contributed by atoms with van der Waals surface area (Å²) in [6.45, 7) is 0. The molecule has 1 amide bonds. The lowest BCUT2D eigenvalue weighted by atomic mass is 10.0. The third-order valence-corrected chi connectivity index (χ3v) is 3.12.